The lowest BCUT2D eigenvalue weighted by Gasteiger charge is -2.08. The van der Waals surface area contributed by atoms with Crippen molar-refractivity contribution < 1.29 is 4.79 Å². The normalized spacial score (nSPS) is 10.3. The second-order valence-corrected chi connectivity index (χ2v) is 4.78. The number of anilines is 1. The van der Waals surface area contributed by atoms with Gasteiger partial charge >= 0.3 is 0 Å². The summed E-state index contributed by atoms with van der Waals surface area (Å²) in [6.45, 7) is 5.58. The van der Waals surface area contributed by atoms with Crippen molar-refractivity contribution in [2.75, 3.05) is 5.32 Å². The average molecular weight is 276 g/mol. The molecule has 0 aliphatic heterocycles. The first-order chi connectivity index (χ1) is 8.95. The highest BCUT2D eigenvalue weighted by molar-refractivity contribution is 6.29. The number of nitrogens with one attached hydrogen (secondary N) is 1. The van der Waals surface area contributed by atoms with Gasteiger partial charge in [-0.05, 0) is 50.6 Å². The van der Waals surface area contributed by atoms with Gasteiger partial charge in [-0.2, -0.15) is 0 Å². The third-order valence-electron chi connectivity index (χ3n) is 2.63. The Labute approximate surface area is 116 Å². The van der Waals surface area contributed by atoms with Crippen LogP contribution in [0, 0.1) is 20.8 Å². The van der Waals surface area contributed by atoms with Crippen LogP contribution in [-0.2, 0) is 0 Å². The zero-order chi connectivity index (χ0) is 14.0. The molecule has 1 amide bonds. The van der Waals surface area contributed by atoms with E-state index in [2.05, 4.69) is 15.3 Å². The lowest BCUT2D eigenvalue weighted by Crippen LogP contribution is -2.15. The molecule has 0 atom stereocenters. The van der Waals surface area contributed by atoms with Crippen LogP contribution in [0.5, 0.6) is 0 Å². The Hall–Kier alpha value is -1.94. The lowest BCUT2D eigenvalue weighted by atomic mass is 10.2. The van der Waals surface area contributed by atoms with Crippen LogP contribution in [0.1, 0.15) is 27.4 Å². The van der Waals surface area contributed by atoms with Crippen LogP contribution >= 0.6 is 11.6 Å². The molecule has 2 aromatic rings. The van der Waals surface area contributed by atoms with E-state index in [0.717, 1.165) is 11.3 Å². The Kier molecular flexibility index (Phi) is 3.81. The summed E-state index contributed by atoms with van der Waals surface area (Å²) in [6.07, 6.45) is 0. The molecule has 0 saturated heterocycles. The molecular formula is C14H14ClN3O. The van der Waals surface area contributed by atoms with Gasteiger partial charge in [0.25, 0.3) is 5.91 Å². The van der Waals surface area contributed by atoms with Gasteiger partial charge in [-0.1, -0.05) is 11.6 Å². The summed E-state index contributed by atoms with van der Waals surface area (Å²) in [4.78, 5) is 20.4. The van der Waals surface area contributed by atoms with E-state index in [1.54, 1.807) is 25.1 Å². The summed E-state index contributed by atoms with van der Waals surface area (Å²) in [5.41, 5.74) is 3.52. The van der Waals surface area contributed by atoms with Gasteiger partial charge in [-0.25, -0.2) is 9.97 Å². The van der Waals surface area contributed by atoms with Gasteiger partial charge in [-0.3, -0.25) is 4.79 Å². The van der Waals surface area contributed by atoms with Gasteiger partial charge in [-0.15, -0.1) is 0 Å². The average Bonchev–Trinajstić information content (AvgIpc) is 2.31. The highest BCUT2D eigenvalue weighted by Crippen LogP contribution is 2.16. The Bertz CT molecular complexity index is 620. The molecule has 0 bridgehead atoms. The molecule has 5 heteroatoms. The minimum absolute atomic E-state index is 0.251. The number of hydrogen-bond donors (Lipinski definition) is 1. The number of amides is 1. The van der Waals surface area contributed by atoms with Crippen molar-refractivity contribution in [3.05, 3.63) is 52.1 Å². The molecule has 2 rings (SSSR count). The van der Waals surface area contributed by atoms with Crippen LogP contribution in [0.3, 0.4) is 0 Å². The Morgan fingerprint density at radius 3 is 2.53 bits per heavy atom. The summed E-state index contributed by atoms with van der Waals surface area (Å²) in [6, 6.07) is 7.04. The predicted octanol–water partition coefficient (Wildman–Crippen LogP) is 3.31. The largest absolute Gasteiger partial charge is 0.319 e. The van der Waals surface area contributed by atoms with Crippen LogP contribution in [0.25, 0.3) is 0 Å². The van der Waals surface area contributed by atoms with E-state index in [-0.39, 0.29) is 5.91 Å². The summed E-state index contributed by atoms with van der Waals surface area (Å²) in [5, 5.41) is 3.19. The van der Waals surface area contributed by atoms with Crippen molar-refractivity contribution in [1.29, 1.82) is 0 Å². The van der Waals surface area contributed by atoms with Crippen molar-refractivity contribution in [3.63, 3.8) is 0 Å². The molecule has 0 spiro atoms. The zero-order valence-electron chi connectivity index (χ0n) is 11.0. The van der Waals surface area contributed by atoms with Gasteiger partial charge in [0.05, 0.1) is 11.4 Å². The first-order valence-corrected chi connectivity index (χ1v) is 6.23. The maximum Gasteiger partial charge on any atom is 0.274 e. The van der Waals surface area contributed by atoms with Crippen LogP contribution in [0.4, 0.5) is 5.69 Å². The minimum atomic E-state index is -0.251. The second-order valence-electron chi connectivity index (χ2n) is 4.39. The molecule has 19 heavy (non-hydrogen) atoms. The second kappa shape index (κ2) is 5.36. The maximum atomic E-state index is 12.1. The molecule has 0 aliphatic carbocycles. The van der Waals surface area contributed by atoms with Crippen LogP contribution < -0.4 is 5.32 Å². The zero-order valence-corrected chi connectivity index (χ0v) is 11.7. The van der Waals surface area contributed by atoms with E-state index in [9.17, 15) is 4.79 Å². The topological polar surface area (TPSA) is 54.9 Å². The maximum absolute atomic E-state index is 12.1. The molecule has 0 fully saturated rings. The first kappa shape index (κ1) is 13.5. The number of aromatic nitrogens is 2. The van der Waals surface area contributed by atoms with Crippen molar-refractivity contribution >= 4 is 23.2 Å². The number of nitrogens with zero attached hydrogens (tertiary/aromatic N) is 2. The van der Waals surface area contributed by atoms with E-state index in [4.69, 9.17) is 11.6 Å². The smallest absolute Gasteiger partial charge is 0.274 e. The molecule has 0 radical (unpaired) electrons. The molecule has 4 nitrogen and oxygen atoms in total. The van der Waals surface area contributed by atoms with E-state index in [1.807, 2.05) is 19.9 Å². The van der Waals surface area contributed by atoms with Gasteiger partial charge in [0.15, 0.2) is 0 Å². The molecular weight excluding hydrogens is 262 g/mol. The highest BCUT2D eigenvalue weighted by Gasteiger charge is 2.10. The number of carbonyl (C=O) groups excluding carboxylic acids is 1. The molecule has 0 aliphatic rings. The van der Waals surface area contributed by atoms with Gasteiger partial charge < -0.3 is 5.32 Å². The summed E-state index contributed by atoms with van der Waals surface area (Å²) < 4.78 is 0. The number of halogens is 1. The number of carbonyl (C=O) groups is 1. The third kappa shape index (κ3) is 3.29. The number of pyridine rings is 2. The Balaban J connectivity index is 2.25. The van der Waals surface area contributed by atoms with Gasteiger partial charge in [0.1, 0.15) is 10.8 Å². The quantitative estimate of drug-likeness (QED) is 0.856. The van der Waals surface area contributed by atoms with E-state index in [0.29, 0.717) is 22.2 Å². The molecule has 0 aromatic carbocycles. The molecule has 1 N–H and O–H groups in total. The van der Waals surface area contributed by atoms with E-state index < -0.39 is 0 Å². The third-order valence-corrected chi connectivity index (χ3v) is 2.84. The summed E-state index contributed by atoms with van der Waals surface area (Å²) in [5.74, 6) is -0.251. The predicted molar refractivity (Wildman–Crippen MR) is 75.6 cm³/mol. The fourth-order valence-corrected chi connectivity index (χ4v) is 2.00. The molecule has 98 valence electrons. The number of rotatable bonds is 2. The van der Waals surface area contributed by atoms with Crippen molar-refractivity contribution in [2.24, 2.45) is 0 Å². The molecule has 2 heterocycles. The van der Waals surface area contributed by atoms with Crippen LogP contribution in [-0.4, -0.2) is 15.9 Å². The minimum Gasteiger partial charge on any atom is -0.319 e. The van der Waals surface area contributed by atoms with Crippen molar-refractivity contribution in [2.45, 2.75) is 20.8 Å². The number of hydrogen-bond acceptors (Lipinski definition) is 3. The Morgan fingerprint density at radius 1 is 1.16 bits per heavy atom. The van der Waals surface area contributed by atoms with Gasteiger partial charge in [0, 0.05) is 5.69 Å². The standard InChI is InChI=1S/C14H14ClN3O/c1-8-6-9(2)16-12(7-8)14(19)18-11-4-5-13(15)17-10(11)3/h4-7H,1-3H3,(H,18,19). The SMILES string of the molecule is Cc1cc(C)nc(C(=O)Nc2ccc(Cl)nc2C)c1. The van der Waals surface area contributed by atoms with Crippen LogP contribution in [0.2, 0.25) is 5.15 Å². The first-order valence-electron chi connectivity index (χ1n) is 5.85. The fourth-order valence-electron chi connectivity index (χ4n) is 1.81. The molecule has 0 saturated carbocycles. The van der Waals surface area contributed by atoms with Crippen LogP contribution in [0.15, 0.2) is 24.3 Å². The number of aryl methyl sites for hydroxylation is 3. The summed E-state index contributed by atoms with van der Waals surface area (Å²) in [7, 11) is 0. The highest BCUT2D eigenvalue weighted by atomic mass is 35.5. The molecule has 0 unspecified atom stereocenters. The van der Waals surface area contributed by atoms with Crippen molar-refractivity contribution in [3.8, 4) is 0 Å². The Morgan fingerprint density at radius 2 is 1.89 bits per heavy atom. The summed E-state index contributed by atoms with van der Waals surface area (Å²) >= 11 is 5.78. The fraction of sp³-hybridized carbons (Fsp3) is 0.214. The van der Waals surface area contributed by atoms with Gasteiger partial charge in [0.2, 0.25) is 0 Å². The van der Waals surface area contributed by atoms with E-state index in [1.165, 1.54) is 0 Å². The van der Waals surface area contributed by atoms with E-state index >= 15 is 0 Å². The molecule has 2 aromatic heterocycles. The monoisotopic (exact) mass is 275 g/mol. The lowest BCUT2D eigenvalue weighted by molar-refractivity contribution is 0.102. The van der Waals surface area contributed by atoms with Crippen molar-refractivity contribution in [1.82, 2.24) is 9.97 Å².